The number of carboxylic acid groups (broad SMARTS) is 1. The van der Waals surface area contributed by atoms with Crippen molar-refractivity contribution in [3.63, 3.8) is 0 Å². The number of carboxylic acids is 1. The minimum atomic E-state index is -1.03. The number of hydrogen-bond donors (Lipinski definition) is 2. The molecule has 0 saturated heterocycles. The maximum atomic E-state index is 10.7. The van der Waals surface area contributed by atoms with Crippen molar-refractivity contribution in [3.05, 3.63) is 33.7 Å². The summed E-state index contributed by atoms with van der Waals surface area (Å²) in [6.07, 6.45) is 0. The van der Waals surface area contributed by atoms with Gasteiger partial charge in [-0.15, -0.1) is 11.3 Å². The van der Waals surface area contributed by atoms with E-state index < -0.39 is 5.97 Å². The summed E-state index contributed by atoms with van der Waals surface area (Å²) >= 11 is 4.61. The van der Waals surface area contributed by atoms with Crippen molar-refractivity contribution >= 4 is 44.1 Å². The van der Waals surface area contributed by atoms with Crippen LogP contribution in [-0.2, 0) is 0 Å². The molecular formula is C11H9BrN2O3S. The lowest BCUT2D eigenvalue weighted by Crippen LogP contribution is -1.97. The molecule has 1 aromatic heterocycles. The third-order valence-corrected chi connectivity index (χ3v) is 3.50. The Kier molecular flexibility index (Phi) is 3.83. The number of hydrogen-bond acceptors (Lipinski definition) is 5. The van der Waals surface area contributed by atoms with Gasteiger partial charge in [0.05, 0.1) is 11.6 Å². The maximum absolute atomic E-state index is 10.7. The lowest BCUT2D eigenvalue weighted by atomic mass is 10.3. The number of aromatic carboxylic acids is 1. The summed E-state index contributed by atoms with van der Waals surface area (Å²) in [4.78, 5) is 14.6. The monoisotopic (exact) mass is 328 g/mol. The fourth-order valence-electron chi connectivity index (χ4n) is 1.30. The van der Waals surface area contributed by atoms with Crippen LogP contribution in [0.1, 0.15) is 10.5 Å². The molecule has 0 aliphatic heterocycles. The van der Waals surface area contributed by atoms with E-state index in [4.69, 9.17) is 9.84 Å². The summed E-state index contributed by atoms with van der Waals surface area (Å²) in [6, 6.07) is 5.46. The number of ether oxygens (including phenoxy) is 1. The van der Waals surface area contributed by atoms with E-state index in [2.05, 4.69) is 26.2 Å². The van der Waals surface area contributed by atoms with Crippen LogP contribution in [0.2, 0.25) is 0 Å². The van der Waals surface area contributed by atoms with Crippen molar-refractivity contribution in [2.45, 2.75) is 0 Å². The molecule has 0 bridgehead atoms. The van der Waals surface area contributed by atoms with Gasteiger partial charge in [0, 0.05) is 11.1 Å². The maximum Gasteiger partial charge on any atom is 0.355 e. The van der Waals surface area contributed by atoms with Gasteiger partial charge in [0.25, 0.3) is 0 Å². The Labute approximate surface area is 116 Å². The van der Waals surface area contributed by atoms with Crippen LogP contribution in [0.4, 0.5) is 10.8 Å². The molecule has 0 atom stereocenters. The largest absolute Gasteiger partial charge is 0.496 e. The molecular weight excluding hydrogens is 320 g/mol. The van der Waals surface area contributed by atoms with Crippen LogP contribution in [0.5, 0.6) is 5.75 Å². The van der Waals surface area contributed by atoms with Crippen LogP contribution in [-0.4, -0.2) is 23.2 Å². The normalized spacial score (nSPS) is 10.1. The second-order valence-corrected chi connectivity index (χ2v) is 5.03. The summed E-state index contributed by atoms with van der Waals surface area (Å²) in [5.74, 6) is -0.305. The first-order chi connectivity index (χ1) is 8.60. The quantitative estimate of drug-likeness (QED) is 0.900. The lowest BCUT2D eigenvalue weighted by Gasteiger charge is -2.06. The molecule has 0 aliphatic rings. The van der Waals surface area contributed by atoms with Crippen molar-refractivity contribution < 1.29 is 14.6 Å². The molecule has 0 unspecified atom stereocenters. The Morgan fingerprint density at radius 2 is 2.33 bits per heavy atom. The molecule has 7 heteroatoms. The average molecular weight is 329 g/mol. The van der Waals surface area contributed by atoms with Crippen LogP contribution in [0.3, 0.4) is 0 Å². The molecule has 2 aromatic rings. The summed E-state index contributed by atoms with van der Waals surface area (Å²) in [6.45, 7) is 0. The topological polar surface area (TPSA) is 71.5 Å². The number of carbonyl (C=O) groups is 1. The van der Waals surface area contributed by atoms with Gasteiger partial charge in [-0.1, -0.05) is 0 Å². The molecule has 0 spiro atoms. The SMILES string of the molecule is COc1ccc(Nc2nc(C(=O)O)cs2)cc1Br. The van der Waals surface area contributed by atoms with E-state index in [0.717, 1.165) is 15.9 Å². The smallest absolute Gasteiger partial charge is 0.355 e. The number of anilines is 2. The first-order valence-corrected chi connectivity index (χ1v) is 6.57. The van der Waals surface area contributed by atoms with E-state index >= 15 is 0 Å². The fourth-order valence-corrected chi connectivity index (χ4v) is 2.54. The van der Waals surface area contributed by atoms with Gasteiger partial charge < -0.3 is 15.2 Å². The molecule has 0 aliphatic carbocycles. The molecule has 94 valence electrons. The van der Waals surface area contributed by atoms with Gasteiger partial charge in [0.2, 0.25) is 0 Å². The summed E-state index contributed by atoms with van der Waals surface area (Å²) in [7, 11) is 1.59. The molecule has 0 fully saturated rings. The molecule has 2 N–H and O–H groups in total. The molecule has 0 amide bonds. The third kappa shape index (κ3) is 2.80. The van der Waals surface area contributed by atoms with Crippen molar-refractivity contribution in [1.29, 1.82) is 0 Å². The highest BCUT2D eigenvalue weighted by Crippen LogP contribution is 2.29. The minimum absolute atomic E-state index is 0.0371. The zero-order chi connectivity index (χ0) is 13.1. The predicted octanol–water partition coefficient (Wildman–Crippen LogP) is 3.36. The Bertz CT molecular complexity index is 585. The number of nitrogens with one attached hydrogen (secondary N) is 1. The Morgan fingerprint density at radius 1 is 1.56 bits per heavy atom. The summed E-state index contributed by atoms with van der Waals surface area (Å²) in [5, 5.41) is 13.8. The van der Waals surface area contributed by atoms with Crippen molar-refractivity contribution in [1.82, 2.24) is 4.98 Å². The second-order valence-electron chi connectivity index (χ2n) is 3.32. The van der Waals surface area contributed by atoms with Gasteiger partial charge in [0.1, 0.15) is 5.75 Å². The number of benzene rings is 1. The fraction of sp³-hybridized carbons (Fsp3) is 0.0909. The van der Waals surface area contributed by atoms with E-state index in [0.29, 0.717) is 5.13 Å². The van der Waals surface area contributed by atoms with E-state index in [1.807, 2.05) is 12.1 Å². The first-order valence-electron chi connectivity index (χ1n) is 4.89. The first kappa shape index (κ1) is 12.8. The van der Waals surface area contributed by atoms with Gasteiger partial charge in [-0.3, -0.25) is 0 Å². The molecule has 1 aromatic carbocycles. The van der Waals surface area contributed by atoms with Gasteiger partial charge in [-0.2, -0.15) is 0 Å². The standard InChI is InChI=1S/C11H9BrN2O3S/c1-17-9-3-2-6(4-7(9)12)13-11-14-8(5-18-11)10(15)16/h2-5H,1H3,(H,13,14)(H,15,16). The Balaban J connectivity index is 2.18. The van der Waals surface area contributed by atoms with Crippen LogP contribution < -0.4 is 10.1 Å². The molecule has 1 heterocycles. The zero-order valence-corrected chi connectivity index (χ0v) is 11.7. The minimum Gasteiger partial charge on any atom is -0.496 e. The van der Waals surface area contributed by atoms with E-state index in [1.54, 1.807) is 13.2 Å². The molecule has 2 rings (SSSR count). The second kappa shape index (κ2) is 5.36. The van der Waals surface area contributed by atoms with Gasteiger partial charge in [0.15, 0.2) is 10.8 Å². The summed E-state index contributed by atoms with van der Waals surface area (Å²) in [5.41, 5.74) is 0.837. The van der Waals surface area contributed by atoms with Crippen LogP contribution in [0, 0.1) is 0 Å². The van der Waals surface area contributed by atoms with Crippen LogP contribution in [0.15, 0.2) is 28.1 Å². The predicted molar refractivity (Wildman–Crippen MR) is 73.1 cm³/mol. The lowest BCUT2D eigenvalue weighted by molar-refractivity contribution is 0.0691. The Hall–Kier alpha value is -1.60. The molecule has 18 heavy (non-hydrogen) atoms. The van der Waals surface area contributed by atoms with Crippen molar-refractivity contribution in [2.24, 2.45) is 0 Å². The van der Waals surface area contributed by atoms with E-state index in [-0.39, 0.29) is 5.69 Å². The van der Waals surface area contributed by atoms with Gasteiger partial charge in [-0.05, 0) is 34.1 Å². The number of aromatic nitrogens is 1. The van der Waals surface area contributed by atoms with E-state index in [1.165, 1.54) is 16.7 Å². The highest BCUT2D eigenvalue weighted by Gasteiger charge is 2.09. The van der Waals surface area contributed by atoms with Crippen molar-refractivity contribution in [2.75, 3.05) is 12.4 Å². The Morgan fingerprint density at radius 3 is 2.89 bits per heavy atom. The third-order valence-electron chi connectivity index (χ3n) is 2.13. The molecule has 0 saturated carbocycles. The highest BCUT2D eigenvalue weighted by atomic mass is 79.9. The van der Waals surface area contributed by atoms with Crippen LogP contribution in [0.25, 0.3) is 0 Å². The molecule has 5 nitrogen and oxygen atoms in total. The summed E-state index contributed by atoms with van der Waals surface area (Å²) < 4.78 is 5.93. The number of methoxy groups -OCH3 is 1. The zero-order valence-electron chi connectivity index (χ0n) is 9.31. The van der Waals surface area contributed by atoms with Gasteiger partial charge >= 0.3 is 5.97 Å². The number of thiazole rings is 1. The van der Waals surface area contributed by atoms with Crippen LogP contribution >= 0.6 is 27.3 Å². The number of rotatable bonds is 4. The van der Waals surface area contributed by atoms with Crippen molar-refractivity contribution in [3.8, 4) is 5.75 Å². The number of halogens is 1. The van der Waals surface area contributed by atoms with Gasteiger partial charge in [-0.25, -0.2) is 9.78 Å². The molecule has 0 radical (unpaired) electrons. The average Bonchev–Trinajstić information content (AvgIpc) is 2.78. The highest BCUT2D eigenvalue weighted by molar-refractivity contribution is 9.10. The van der Waals surface area contributed by atoms with E-state index in [9.17, 15) is 4.79 Å². The number of nitrogens with zero attached hydrogens (tertiary/aromatic N) is 1.